The second-order valence-corrected chi connectivity index (χ2v) is 5.91. The van der Waals surface area contributed by atoms with E-state index in [-0.39, 0.29) is 17.6 Å². The summed E-state index contributed by atoms with van der Waals surface area (Å²) < 4.78 is 4.90. The number of methoxy groups -OCH3 is 1. The van der Waals surface area contributed by atoms with Gasteiger partial charge < -0.3 is 9.64 Å². The minimum Gasteiger partial charge on any atom is -0.468 e. The maximum absolute atomic E-state index is 11.8. The molecule has 20 heavy (non-hydrogen) atoms. The van der Waals surface area contributed by atoms with Crippen LogP contribution in [-0.2, 0) is 9.53 Å². The normalized spacial score (nSPS) is 37.2. The molecule has 1 aromatic rings. The molecule has 3 heterocycles. The molecule has 0 N–H and O–H groups in total. The highest BCUT2D eigenvalue weighted by atomic mass is 16.5. The van der Waals surface area contributed by atoms with Crippen molar-refractivity contribution >= 4 is 11.7 Å². The average Bonchev–Trinajstić information content (AvgIpc) is 3.10. The Bertz CT molecular complexity index is 571. The molecule has 2 saturated heterocycles. The van der Waals surface area contributed by atoms with Gasteiger partial charge in [0.15, 0.2) is 0 Å². The minimum atomic E-state index is -0.188. The minimum absolute atomic E-state index is 0.144. The summed E-state index contributed by atoms with van der Waals surface area (Å²) in [5.74, 6) is 0.373. The van der Waals surface area contributed by atoms with E-state index in [1.165, 1.54) is 12.8 Å². The smallest absolute Gasteiger partial charge is 0.327 e. The van der Waals surface area contributed by atoms with Crippen LogP contribution in [0.4, 0.5) is 5.69 Å². The molecule has 0 aliphatic carbocycles. The summed E-state index contributed by atoms with van der Waals surface area (Å²) in [6.07, 6.45) is 4.23. The van der Waals surface area contributed by atoms with Gasteiger partial charge in [-0.2, -0.15) is 0 Å². The highest BCUT2D eigenvalue weighted by Gasteiger charge is 2.65. The van der Waals surface area contributed by atoms with E-state index in [1.807, 2.05) is 12.1 Å². The largest absolute Gasteiger partial charge is 0.468 e. The Morgan fingerprint density at radius 1 is 1.25 bits per heavy atom. The van der Waals surface area contributed by atoms with Gasteiger partial charge in [-0.05, 0) is 12.1 Å². The third kappa shape index (κ3) is 1.54. The lowest BCUT2D eigenvalue weighted by Gasteiger charge is -2.24. The summed E-state index contributed by atoms with van der Waals surface area (Å²) in [7, 11) is 1.46. The zero-order valence-corrected chi connectivity index (χ0v) is 11.5. The van der Waals surface area contributed by atoms with E-state index in [4.69, 9.17) is 4.74 Å². The number of anilines is 1. The van der Waals surface area contributed by atoms with Crippen molar-refractivity contribution in [3.8, 4) is 0 Å². The van der Waals surface area contributed by atoms with Crippen LogP contribution in [0.25, 0.3) is 0 Å². The molecular formula is C16H18N2O2. The molecule has 4 rings (SSSR count). The predicted octanol–water partition coefficient (Wildman–Crippen LogP) is 1.29. The topological polar surface area (TPSA) is 32.5 Å². The van der Waals surface area contributed by atoms with Crippen molar-refractivity contribution in [1.82, 2.24) is 4.90 Å². The van der Waals surface area contributed by atoms with E-state index in [2.05, 4.69) is 40.1 Å². The van der Waals surface area contributed by atoms with Gasteiger partial charge in [-0.3, -0.25) is 9.69 Å². The average molecular weight is 270 g/mol. The van der Waals surface area contributed by atoms with Crippen molar-refractivity contribution in [2.75, 3.05) is 31.6 Å². The number of ether oxygens (including phenoxy) is 1. The molecule has 4 atom stereocenters. The van der Waals surface area contributed by atoms with E-state index >= 15 is 0 Å². The fraction of sp³-hybridized carbons (Fsp3) is 0.438. The van der Waals surface area contributed by atoms with Crippen LogP contribution < -0.4 is 4.90 Å². The molecule has 3 aliphatic heterocycles. The van der Waals surface area contributed by atoms with Crippen LogP contribution in [0.5, 0.6) is 0 Å². The first-order valence-corrected chi connectivity index (χ1v) is 7.07. The Hall–Kier alpha value is -1.81. The molecule has 0 amide bonds. The molecule has 0 aromatic heterocycles. The van der Waals surface area contributed by atoms with E-state index < -0.39 is 0 Å². The van der Waals surface area contributed by atoms with Crippen molar-refractivity contribution in [2.45, 2.75) is 11.6 Å². The summed E-state index contributed by atoms with van der Waals surface area (Å²) in [6, 6.07) is 10.3. The Morgan fingerprint density at radius 3 is 2.80 bits per heavy atom. The number of hydrogen-bond donors (Lipinski definition) is 0. The molecule has 0 bridgehead atoms. The first-order chi connectivity index (χ1) is 9.74. The number of esters is 1. The van der Waals surface area contributed by atoms with Crippen LogP contribution in [0.3, 0.4) is 0 Å². The van der Waals surface area contributed by atoms with Crippen LogP contribution >= 0.6 is 0 Å². The molecule has 1 spiro atoms. The number of hydrogen-bond acceptors (Lipinski definition) is 4. The lowest BCUT2D eigenvalue weighted by Crippen LogP contribution is -2.40. The standard InChI is InChI=1S/C16H18N2O2/c1-20-15(19)14-8-7-12-9-17(10-16(12)11-18(14)16)13-5-3-2-4-6-13/h2-8,12,14H,9-11H2,1H3/t12-,14+,16+,18?/m1/s1. The fourth-order valence-electron chi connectivity index (χ4n) is 3.77. The first kappa shape index (κ1) is 12.0. The van der Waals surface area contributed by atoms with Crippen LogP contribution in [0.2, 0.25) is 0 Å². The molecule has 2 fully saturated rings. The number of nitrogens with zero attached hydrogens (tertiary/aromatic N) is 2. The monoisotopic (exact) mass is 270 g/mol. The van der Waals surface area contributed by atoms with Gasteiger partial charge in [-0.15, -0.1) is 0 Å². The van der Waals surface area contributed by atoms with Crippen molar-refractivity contribution < 1.29 is 9.53 Å². The van der Waals surface area contributed by atoms with E-state index in [1.54, 1.807) is 0 Å². The van der Waals surface area contributed by atoms with Gasteiger partial charge in [0.1, 0.15) is 6.04 Å². The molecule has 1 aromatic carbocycles. The summed E-state index contributed by atoms with van der Waals surface area (Å²) in [5, 5.41) is 0. The Labute approximate surface area is 118 Å². The molecule has 0 saturated carbocycles. The summed E-state index contributed by atoms with van der Waals surface area (Å²) >= 11 is 0. The Kier molecular flexibility index (Phi) is 2.45. The summed E-state index contributed by atoms with van der Waals surface area (Å²) in [4.78, 5) is 16.5. The zero-order valence-electron chi connectivity index (χ0n) is 11.5. The second-order valence-electron chi connectivity index (χ2n) is 5.91. The van der Waals surface area contributed by atoms with Gasteiger partial charge in [-0.25, -0.2) is 0 Å². The number of rotatable bonds is 2. The van der Waals surface area contributed by atoms with Crippen molar-refractivity contribution in [3.63, 3.8) is 0 Å². The lowest BCUT2D eigenvalue weighted by atomic mass is 9.92. The van der Waals surface area contributed by atoms with Crippen LogP contribution in [-0.4, -0.2) is 49.2 Å². The third-order valence-electron chi connectivity index (χ3n) is 4.91. The van der Waals surface area contributed by atoms with Gasteiger partial charge >= 0.3 is 5.97 Å². The van der Waals surface area contributed by atoms with Gasteiger partial charge in [0.2, 0.25) is 0 Å². The van der Waals surface area contributed by atoms with E-state index in [0.29, 0.717) is 5.92 Å². The molecule has 4 heteroatoms. The van der Waals surface area contributed by atoms with Gasteiger partial charge in [-0.1, -0.05) is 30.4 Å². The SMILES string of the molecule is COC(=O)[C@@H]1C=C[C@@H]2CN(c3ccccc3)C[C@]23CN13. The molecule has 0 radical (unpaired) electrons. The summed E-state index contributed by atoms with van der Waals surface area (Å²) in [5.41, 5.74) is 1.43. The molecule has 3 aliphatic rings. The maximum Gasteiger partial charge on any atom is 0.327 e. The number of para-hydroxylation sites is 1. The van der Waals surface area contributed by atoms with Gasteiger partial charge in [0, 0.05) is 31.2 Å². The second kappa shape index (κ2) is 4.09. The Morgan fingerprint density at radius 2 is 2.05 bits per heavy atom. The Balaban J connectivity index is 1.58. The van der Waals surface area contributed by atoms with Gasteiger partial charge in [0.25, 0.3) is 0 Å². The van der Waals surface area contributed by atoms with Crippen molar-refractivity contribution in [2.24, 2.45) is 5.92 Å². The number of benzene rings is 1. The van der Waals surface area contributed by atoms with Crippen molar-refractivity contribution in [1.29, 1.82) is 0 Å². The third-order valence-corrected chi connectivity index (χ3v) is 4.91. The zero-order chi connectivity index (χ0) is 13.7. The molecule has 104 valence electrons. The summed E-state index contributed by atoms with van der Waals surface area (Å²) in [6.45, 7) is 3.03. The van der Waals surface area contributed by atoms with E-state index in [0.717, 1.165) is 19.6 Å². The fourth-order valence-corrected chi connectivity index (χ4v) is 3.77. The van der Waals surface area contributed by atoms with Crippen molar-refractivity contribution in [3.05, 3.63) is 42.5 Å². The number of carbonyl (C=O) groups is 1. The molecular weight excluding hydrogens is 252 g/mol. The highest BCUT2D eigenvalue weighted by Crippen LogP contribution is 2.50. The first-order valence-electron chi connectivity index (χ1n) is 7.07. The van der Waals surface area contributed by atoms with Gasteiger partial charge in [0.05, 0.1) is 12.6 Å². The van der Waals surface area contributed by atoms with Crippen LogP contribution in [0.1, 0.15) is 0 Å². The predicted molar refractivity (Wildman–Crippen MR) is 76.5 cm³/mol. The quantitative estimate of drug-likeness (QED) is 0.460. The molecule has 4 nitrogen and oxygen atoms in total. The van der Waals surface area contributed by atoms with Crippen LogP contribution in [0.15, 0.2) is 42.5 Å². The number of carbonyl (C=O) groups excluding carboxylic acids is 1. The lowest BCUT2D eigenvalue weighted by molar-refractivity contribution is -0.143. The maximum atomic E-state index is 11.8. The van der Waals surface area contributed by atoms with E-state index in [9.17, 15) is 4.79 Å². The highest BCUT2D eigenvalue weighted by molar-refractivity contribution is 5.79. The molecule has 1 unspecified atom stereocenters. The van der Waals surface area contributed by atoms with Crippen LogP contribution in [0, 0.1) is 5.92 Å².